The minimum Gasteiger partial charge on any atom is -0.481 e. The molecule has 0 saturated carbocycles. The highest BCUT2D eigenvalue weighted by Crippen LogP contribution is 2.24. The quantitative estimate of drug-likeness (QED) is 0.857. The molecule has 0 spiro atoms. The Morgan fingerprint density at radius 2 is 1.60 bits per heavy atom. The average molecular weight is 266 g/mol. The summed E-state index contributed by atoms with van der Waals surface area (Å²) in [7, 11) is 0. The van der Waals surface area contributed by atoms with Crippen LogP contribution < -0.4 is 0 Å². The monoisotopic (exact) mass is 266 g/mol. The van der Waals surface area contributed by atoms with Gasteiger partial charge in [0.2, 0.25) is 0 Å². The lowest BCUT2D eigenvalue weighted by Crippen LogP contribution is -1.92. The highest BCUT2D eigenvalue weighted by molar-refractivity contribution is 5.75. The zero-order valence-electron chi connectivity index (χ0n) is 11.5. The summed E-state index contributed by atoms with van der Waals surface area (Å²) in [5, 5.41) is 8.75. The molecule has 0 saturated heterocycles. The van der Waals surface area contributed by atoms with E-state index in [9.17, 15) is 4.79 Å². The fraction of sp³-hybridized carbons (Fsp3) is 0.167. The van der Waals surface area contributed by atoms with E-state index in [4.69, 9.17) is 5.11 Å². The normalized spacial score (nSPS) is 11.3. The Kier molecular flexibility index (Phi) is 4.72. The Balaban J connectivity index is 2.23. The molecule has 0 aliphatic rings. The average Bonchev–Trinajstić information content (AvgIpc) is 2.49. The van der Waals surface area contributed by atoms with Gasteiger partial charge in [-0.25, -0.2) is 0 Å². The Labute approximate surface area is 119 Å². The van der Waals surface area contributed by atoms with E-state index in [1.165, 1.54) is 11.1 Å². The summed E-state index contributed by atoms with van der Waals surface area (Å²) in [5.74, 6) is -0.795. The van der Waals surface area contributed by atoms with Crippen LogP contribution in [0, 0.1) is 0 Å². The lowest BCUT2D eigenvalue weighted by atomic mass is 9.98. The highest BCUT2D eigenvalue weighted by Gasteiger charge is 2.02. The first kappa shape index (κ1) is 14.1. The lowest BCUT2D eigenvalue weighted by molar-refractivity contribution is -0.135. The van der Waals surface area contributed by atoms with E-state index in [2.05, 4.69) is 36.4 Å². The predicted octanol–water partition coefficient (Wildman–Crippen LogP) is 4.62. The molecule has 0 atom stereocenters. The smallest absolute Gasteiger partial charge is 0.307 e. The van der Waals surface area contributed by atoms with Crippen molar-refractivity contribution in [1.29, 1.82) is 0 Å². The molecular formula is C18H18O2. The summed E-state index contributed by atoms with van der Waals surface area (Å²) in [6, 6.07) is 18.5. The van der Waals surface area contributed by atoms with Crippen LogP contribution >= 0.6 is 0 Å². The molecule has 0 aromatic heterocycles. The van der Waals surface area contributed by atoms with Crippen LogP contribution in [0.2, 0.25) is 0 Å². The summed E-state index contributed by atoms with van der Waals surface area (Å²) >= 11 is 0. The molecule has 0 radical (unpaired) electrons. The Bertz CT molecular complexity index is 595. The summed E-state index contributed by atoms with van der Waals surface area (Å²) in [5.41, 5.74) is 4.52. The largest absolute Gasteiger partial charge is 0.481 e. The molecule has 2 aromatic carbocycles. The van der Waals surface area contributed by atoms with Gasteiger partial charge in [0.1, 0.15) is 0 Å². The SMILES string of the molecule is CCC(=CCC(=O)O)c1ccc(-c2ccccc2)cc1. The van der Waals surface area contributed by atoms with Gasteiger partial charge in [0.15, 0.2) is 0 Å². The summed E-state index contributed by atoms with van der Waals surface area (Å²) in [4.78, 5) is 10.6. The van der Waals surface area contributed by atoms with Crippen molar-refractivity contribution in [3.8, 4) is 11.1 Å². The van der Waals surface area contributed by atoms with Crippen LogP contribution in [0.15, 0.2) is 60.7 Å². The second kappa shape index (κ2) is 6.71. The van der Waals surface area contributed by atoms with Gasteiger partial charge in [0, 0.05) is 0 Å². The highest BCUT2D eigenvalue weighted by atomic mass is 16.4. The summed E-state index contributed by atoms with van der Waals surface area (Å²) in [6.07, 6.45) is 2.70. The molecule has 0 amide bonds. The number of aliphatic carboxylic acids is 1. The molecule has 2 heteroatoms. The van der Waals surface area contributed by atoms with Gasteiger partial charge >= 0.3 is 5.97 Å². The minimum atomic E-state index is -0.795. The van der Waals surface area contributed by atoms with E-state index in [0.29, 0.717) is 0 Å². The first-order valence-corrected chi connectivity index (χ1v) is 6.77. The maximum absolute atomic E-state index is 10.6. The molecule has 0 aliphatic carbocycles. The van der Waals surface area contributed by atoms with Gasteiger partial charge in [-0.2, -0.15) is 0 Å². The maximum Gasteiger partial charge on any atom is 0.307 e. The molecular weight excluding hydrogens is 248 g/mol. The first-order chi connectivity index (χ1) is 9.70. The number of hydrogen-bond donors (Lipinski definition) is 1. The number of carbonyl (C=O) groups is 1. The fourth-order valence-corrected chi connectivity index (χ4v) is 2.18. The van der Waals surface area contributed by atoms with Gasteiger partial charge < -0.3 is 5.11 Å². The molecule has 0 aliphatic heterocycles. The number of hydrogen-bond acceptors (Lipinski definition) is 1. The molecule has 1 N–H and O–H groups in total. The van der Waals surface area contributed by atoms with Gasteiger partial charge in [0.05, 0.1) is 6.42 Å². The van der Waals surface area contributed by atoms with E-state index in [1.807, 2.05) is 25.1 Å². The standard InChI is InChI=1S/C18H18O2/c1-2-14(12-13-18(19)20)16-8-10-17(11-9-16)15-6-4-3-5-7-15/h3-12H,2,13H2,1H3,(H,19,20). The van der Waals surface area contributed by atoms with E-state index in [1.54, 1.807) is 6.08 Å². The van der Waals surface area contributed by atoms with Crippen molar-refractivity contribution >= 4 is 11.5 Å². The van der Waals surface area contributed by atoms with Crippen LogP contribution in [0.5, 0.6) is 0 Å². The molecule has 0 unspecified atom stereocenters. The Morgan fingerprint density at radius 1 is 1.00 bits per heavy atom. The van der Waals surface area contributed by atoms with Crippen LogP contribution in [0.3, 0.4) is 0 Å². The molecule has 2 aromatic rings. The third kappa shape index (κ3) is 3.58. The zero-order chi connectivity index (χ0) is 14.4. The third-order valence-corrected chi connectivity index (χ3v) is 3.27. The van der Waals surface area contributed by atoms with Gasteiger partial charge in [-0.05, 0) is 28.7 Å². The van der Waals surface area contributed by atoms with Crippen molar-refractivity contribution in [3.63, 3.8) is 0 Å². The van der Waals surface area contributed by atoms with Crippen LogP contribution in [-0.4, -0.2) is 11.1 Å². The lowest BCUT2D eigenvalue weighted by Gasteiger charge is -2.07. The van der Waals surface area contributed by atoms with Gasteiger partial charge in [-0.1, -0.05) is 67.6 Å². The van der Waals surface area contributed by atoms with Crippen molar-refractivity contribution in [2.75, 3.05) is 0 Å². The Morgan fingerprint density at radius 3 is 2.15 bits per heavy atom. The molecule has 0 bridgehead atoms. The molecule has 0 fully saturated rings. The van der Waals surface area contributed by atoms with Crippen molar-refractivity contribution in [3.05, 3.63) is 66.2 Å². The van der Waals surface area contributed by atoms with Gasteiger partial charge in [-0.15, -0.1) is 0 Å². The molecule has 20 heavy (non-hydrogen) atoms. The van der Waals surface area contributed by atoms with E-state index >= 15 is 0 Å². The van der Waals surface area contributed by atoms with Crippen LogP contribution in [-0.2, 0) is 4.79 Å². The topological polar surface area (TPSA) is 37.3 Å². The second-order valence-electron chi connectivity index (χ2n) is 4.62. The third-order valence-electron chi connectivity index (χ3n) is 3.27. The van der Waals surface area contributed by atoms with Gasteiger partial charge in [-0.3, -0.25) is 4.79 Å². The van der Waals surface area contributed by atoms with E-state index in [0.717, 1.165) is 17.6 Å². The zero-order valence-corrected chi connectivity index (χ0v) is 11.5. The van der Waals surface area contributed by atoms with Crippen molar-refractivity contribution in [2.45, 2.75) is 19.8 Å². The number of rotatable bonds is 5. The van der Waals surface area contributed by atoms with Crippen LogP contribution in [0.25, 0.3) is 16.7 Å². The van der Waals surface area contributed by atoms with Crippen molar-refractivity contribution in [1.82, 2.24) is 0 Å². The second-order valence-corrected chi connectivity index (χ2v) is 4.62. The summed E-state index contributed by atoms with van der Waals surface area (Å²) < 4.78 is 0. The van der Waals surface area contributed by atoms with Crippen molar-refractivity contribution in [2.24, 2.45) is 0 Å². The summed E-state index contributed by atoms with van der Waals surface area (Å²) in [6.45, 7) is 2.04. The number of carboxylic acid groups (broad SMARTS) is 1. The maximum atomic E-state index is 10.6. The number of benzene rings is 2. The fourth-order valence-electron chi connectivity index (χ4n) is 2.18. The molecule has 0 heterocycles. The number of carboxylic acids is 1. The molecule has 2 rings (SSSR count). The Hall–Kier alpha value is -2.35. The minimum absolute atomic E-state index is 0.0730. The van der Waals surface area contributed by atoms with Crippen LogP contribution in [0.4, 0.5) is 0 Å². The predicted molar refractivity (Wildman–Crippen MR) is 82.4 cm³/mol. The van der Waals surface area contributed by atoms with Crippen molar-refractivity contribution < 1.29 is 9.90 Å². The van der Waals surface area contributed by atoms with Gasteiger partial charge in [0.25, 0.3) is 0 Å². The van der Waals surface area contributed by atoms with Crippen LogP contribution in [0.1, 0.15) is 25.3 Å². The molecule has 2 nitrogen and oxygen atoms in total. The van der Waals surface area contributed by atoms with E-state index < -0.39 is 5.97 Å². The first-order valence-electron chi connectivity index (χ1n) is 6.77. The number of allylic oxidation sites excluding steroid dienone is 1. The molecule has 102 valence electrons. The van der Waals surface area contributed by atoms with E-state index in [-0.39, 0.29) is 6.42 Å².